The van der Waals surface area contributed by atoms with Crippen LogP contribution in [-0.2, 0) is 5.41 Å². The summed E-state index contributed by atoms with van der Waals surface area (Å²) >= 11 is 0. The molecule has 0 saturated carbocycles. The largest absolute Gasteiger partial charge is 0.334 e. The normalized spacial score (nSPS) is 11.9. The highest BCUT2D eigenvalue weighted by Gasteiger charge is 2.16. The van der Waals surface area contributed by atoms with Crippen LogP contribution >= 0.6 is 0 Å². The Labute approximate surface area is 157 Å². The van der Waals surface area contributed by atoms with Crippen LogP contribution in [0.25, 0.3) is 33.7 Å². The minimum Gasteiger partial charge on any atom is -0.334 e. The fraction of sp³-hybridized carbons (Fsp3) is 0.227. The molecule has 0 unspecified atom stereocenters. The van der Waals surface area contributed by atoms with Gasteiger partial charge in [-0.15, -0.1) is 0 Å². The van der Waals surface area contributed by atoms with E-state index in [4.69, 9.17) is 4.52 Å². The lowest BCUT2D eigenvalue weighted by Crippen LogP contribution is -2.10. The van der Waals surface area contributed by atoms with Gasteiger partial charge >= 0.3 is 0 Å². The average molecular weight is 359 g/mol. The van der Waals surface area contributed by atoms with Crippen molar-refractivity contribution in [2.24, 2.45) is 0 Å². The molecule has 0 aliphatic carbocycles. The van der Waals surface area contributed by atoms with E-state index in [1.165, 1.54) is 5.56 Å². The zero-order valence-electron chi connectivity index (χ0n) is 15.8. The van der Waals surface area contributed by atoms with Gasteiger partial charge < -0.3 is 9.51 Å². The first-order chi connectivity index (χ1) is 12.8. The Bertz CT molecular complexity index is 1180. The maximum Gasteiger partial charge on any atom is 0.259 e. The number of nitrogens with zero attached hydrogens (tertiary/aromatic N) is 2. The SMILES string of the molecule is Cc1ccc2cc(-c3noc(-c4ccc(C(C)(C)C)cc4)n3)c(=O)[nH]c2c1. The Morgan fingerprint density at radius 2 is 1.74 bits per heavy atom. The number of aryl methyl sites for hydroxylation is 1. The number of aromatic amines is 1. The summed E-state index contributed by atoms with van der Waals surface area (Å²) in [5.41, 5.74) is 4.18. The minimum atomic E-state index is -0.233. The summed E-state index contributed by atoms with van der Waals surface area (Å²) in [6.45, 7) is 8.49. The second-order valence-corrected chi connectivity index (χ2v) is 7.85. The topological polar surface area (TPSA) is 71.8 Å². The molecule has 2 heterocycles. The smallest absolute Gasteiger partial charge is 0.259 e. The van der Waals surface area contributed by atoms with Crippen LogP contribution in [0.3, 0.4) is 0 Å². The molecule has 5 heteroatoms. The summed E-state index contributed by atoms with van der Waals surface area (Å²) < 4.78 is 5.40. The molecule has 0 amide bonds. The fourth-order valence-corrected chi connectivity index (χ4v) is 3.04. The van der Waals surface area contributed by atoms with E-state index in [1.807, 2.05) is 37.3 Å². The lowest BCUT2D eigenvalue weighted by Gasteiger charge is -2.18. The van der Waals surface area contributed by atoms with Crippen LogP contribution in [0.4, 0.5) is 0 Å². The van der Waals surface area contributed by atoms with Gasteiger partial charge in [0.25, 0.3) is 11.4 Å². The van der Waals surface area contributed by atoms with Crippen molar-refractivity contribution in [3.05, 3.63) is 70.0 Å². The molecule has 2 aromatic carbocycles. The van der Waals surface area contributed by atoms with Gasteiger partial charge in [-0.05, 0) is 53.1 Å². The van der Waals surface area contributed by atoms with Gasteiger partial charge in [-0.1, -0.05) is 50.2 Å². The standard InChI is InChI=1S/C22H21N3O2/c1-13-5-6-15-12-17(20(26)23-18(15)11-13)19-24-21(27-25-19)14-7-9-16(10-8-14)22(2,3)4/h5-12H,1-4H3,(H,23,26). The molecular weight excluding hydrogens is 338 g/mol. The van der Waals surface area contributed by atoms with Crippen molar-refractivity contribution in [1.82, 2.24) is 15.1 Å². The third kappa shape index (κ3) is 3.28. The van der Waals surface area contributed by atoms with Crippen molar-refractivity contribution < 1.29 is 4.52 Å². The van der Waals surface area contributed by atoms with Gasteiger partial charge in [0.15, 0.2) is 0 Å². The highest BCUT2D eigenvalue weighted by Crippen LogP contribution is 2.26. The number of rotatable bonds is 2. The number of pyridine rings is 1. The molecule has 136 valence electrons. The van der Waals surface area contributed by atoms with Gasteiger partial charge in [0.05, 0.1) is 5.56 Å². The van der Waals surface area contributed by atoms with E-state index in [0.717, 1.165) is 22.0 Å². The van der Waals surface area contributed by atoms with Crippen molar-refractivity contribution >= 4 is 10.9 Å². The van der Waals surface area contributed by atoms with Crippen LogP contribution in [0, 0.1) is 6.92 Å². The fourth-order valence-electron chi connectivity index (χ4n) is 3.04. The molecular formula is C22H21N3O2. The molecule has 2 aromatic heterocycles. The van der Waals surface area contributed by atoms with Gasteiger partial charge in [0.1, 0.15) is 0 Å². The first-order valence-electron chi connectivity index (χ1n) is 8.90. The Morgan fingerprint density at radius 3 is 2.44 bits per heavy atom. The summed E-state index contributed by atoms with van der Waals surface area (Å²) in [6.07, 6.45) is 0. The number of benzene rings is 2. The van der Waals surface area contributed by atoms with E-state index >= 15 is 0 Å². The lowest BCUT2D eigenvalue weighted by molar-refractivity contribution is 0.432. The lowest BCUT2D eigenvalue weighted by atomic mass is 9.87. The van der Waals surface area contributed by atoms with E-state index < -0.39 is 0 Å². The highest BCUT2D eigenvalue weighted by molar-refractivity contribution is 5.83. The number of H-pyrrole nitrogens is 1. The summed E-state index contributed by atoms with van der Waals surface area (Å²) in [5.74, 6) is 0.683. The van der Waals surface area contributed by atoms with Crippen LogP contribution in [-0.4, -0.2) is 15.1 Å². The molecule has 5 nitrogen and oxygen atoms in total. The first-order valence-corrected chi connectivity index (χ1v) is 8.90. The Balaban J connectivity index is 1.72. The second kappa shape index (κ2) is 6.20. The van der Waals surface area contributed by atoms with Crippen molar-refractivity contribution in [2.75, 3.05) is 0 Å². The van der Waals surface area contributed by atoms with Crippen LogP contribution in [0.2, 0.25) is 0 Å². The maximum absolute atomic E-state index is 12.5. The number of fused-ring (bicyclic) bond motifs is 1. The van der Waals surface area contributed by atoms with Crippen molar-refractivity contribution in [3.8, 4) is 22.8 Å². The molecule has 4 aromatic rings. The van der Waals surface area contributed by atoms with E-state index in [2.05, 4.69) is 48.0 Å². The van der Waals surface area contributed by atoms with Crippen LogP contribution in [0.1, 0.15) is 31.9 Å². The van der Waals surface area contributed by atoms with Gasteiger partial charge in [-0.3, -0.25) is 4.79 Å². The van der Waals surface area contributed by atoms with Crippen molar-refractivity contribution in [3.63, 3.8) is 0 Å². The molecule has 0 bridgehead atoms. The maximum atomic E-state index is 12.5. The second-order valence-electron chi connectivity index (χ2n) is 7.85. The molecule has 0 saturated heterocycles. The predicted molar refractivity (Wildman–Crippen MR) is 107 cm³/mol. The molecule has 0 atom stereocenters. The zero-order chi connectivity index (χ0) is 19.2. The van der Waals surface area contributed by atoms with Gasteiger partial charge in [-0.25, -0.2) is 0 Å². The van der Waals surface area contributed by atoms with Gasteiger partial charge in [0.2, 0.25) is 5.82 Å². The molecule has 0 radical (unpaired) electrons. The molecule has 27 heavy (non-hydrogen) atoms. The number of hydrogen-bond acceptors (Lipinski definition) is 4. The summed E-state index contributed by atoms with van der Waals surface area (Å²) in [5, 5.41) is 4.94. The van der Waals surface area contributed by atoms with Crippen molar-refractivity contribution in [1.29, 1.82) is 0 Å². The minimum absolute atomic E-state index is 0.0786. The van der Waals surface area contributed by atoms with Crippen LogP contribution in [0.15, 0.2) is 57.8 Å². The quantitative estimate of drug-likeness (QED) is 0.555. The predicted octanol–water partition coefficient (Wildman–Crippen LogP) is 4.85. The molecule has 0 aliphatic heterocycles. The van der Waals surface area contributed by atoms with Gasteiger partial charge in [-0.2, -0.15) is 4.98 Å². The van der Waals surface area contributed by atoms with Crippen LogP contribution in [0.5, 0.6) is 0 Å². The number of hydrogen-bond donors (Lipinski definition) is 1. The van der Waals surface area contributed by atoms with Crippen LogP contribution < -0.4 is 5.56 Å². The summed E-state index contributed by atoms with van der Waals surface area (Å²) in [7, 11) is 0. The van der Waals surface area contributed by atoms with Crippen molar-refractivity contribution in [2.45, 2.75) is 33.1 Å². The number of aromatic nitrogens is 3. The monoisotopic (exact) mass is 359 g/mol. The summed E-state index contributed by atoms with van der Waals surface area (Å²) in [4.78, 5) is 19.8. The van der Waals surface area contributed by atoms with E-state index in [-0.39, 0.29) is 16.8 Å². The molecule has 4 rings (SSSR count). The van der Waals surface area contributed by atoms with Gasteiger partial charge in [0, 0.05) is 11.1 Å². The third-order valence-corrected chi connectivity index (χ3v) is 4.67. The molecule has 0 spiro atoms. The molecule has 1 N–H and O–H groups in total. The first kappa shape index (κ1) is 17.2. The molecule has 0 fully saturated rings. The summed E-state index contributed by atoms with van der Waals surface area (Å²) in [6, 6.07) is 15.8. The average Bonchev–Trinajstić information content (AvgIpc) is 3.10. The Morgan fingerprint density at radius 1 is 1.00 bits per heavy atom. The zero-order valence-corrected chi connectivity index (χ0v) is 15.8. The van der Waals surface area contributed by atoms with E-state index in [9.17, 15) is 4.79 Å². The number of nitrogens with one attached hydrogen (secondary N) is 1. The molecule has 0 aliphatic rings. The van der Waals surface area contributed by atoms with E-state index in [1.54, 1.807) is 6.07 Å². The third-order valence-electron chi connectivity index (χ3n) is 4.67. The Hall–Kier alpha value is -3.21. The van der Waals surface area contributed by atoms with E-state index in [0.29, 0.717) is 11.5 Å². The highest BCUT2D eigenvalue weighted by atomic mass is 16.5. The Kier molecular flexibility index (Phi) is 3.95.